The minimum atomic E-state index is 0.486. The Morgan fingerprint density at radius 1 is 1.70 bits per heavy atom. The molecule has 0 amide bonds. The van der Waals surface area contributed by atoms with E-state index in [1.54, 1.807) is 6.20 Å². The second kappa shape index (κ2) is 3.21. The molecule has 1 heterocycles. The summed E-state index contributed by atoms with van der Waals surface area (Å²) in [6.45, 7) is 0. The highest BCUT2D eigenvalue weighted by molar-refractivity contribution is 9.10. The van der Waals surface area contributed by atoms with E-state index in [9.17, 15) is 0 Å². The SMILES string of the molecule is CSc1ncc(Br)c(N)n1. The fourth-order valence-electron chi connectivity index (χ4n) is 0.462. The van der Waals surface area contributed by atoms with Crippen molar-refractivity contribution >= 4 is 33.5 Å². The van der Waals surface area contributed by atoms with Crippen LogP contribution in [0.4, 0.5) is 5.82 Å². The van der Waals surface area contributed by atoms with Gasteiger partial charge in [-0.2, -0.15) is 0 Å². The number of nitrogens with two attached hydrogens (primary N) is 1. The number of nitrogens with zero attached hydrogens (tertiary/aromatic N) is 2. The van der Waals surface area contributed by atoms with Gasteiger partial charge in [-0.25, -0.2) is 9.97 Å². The second-order valence-corrected chi connectivity index (χ2v) is 3.22. The molecule has 0 saturated heterocycles. The highest BCUT2D eigenvalue weighted by Gasteiger charge is 1.98. The van der Waals surface area contributed by atoms with Gasteiger partial charge in [0, 0.05) is 6.20 Å². The Balaban J connectivity index is 3.04. The van der Waals surface area contributed by atoms with Gasteiger partial charge in [-0.15, -0.1) is 0 Å². The van der Waals surface area contributed by atoms with Crippen LogP contribution in [0.25, 0.3) is 0 Å². The van der Waals surface area contributed by atoms with E-state index in [4.69, 9.17) is 5.73 Å². The van der Waals surface area contributed by atoms with Crippen molar-refractivity contribution in [1.82, 2.24) is 9.97 Å². The van der Waals surface area contributed by atoms with Crippen molar-refractivity contribution in [3.8, 4) is 0 Å². The smallest absolute Gasteiger partial charge is 0.189 e. The number of hydrogen-bond donors (Lipinski definition) is 1. The van der Waals surface area contributed by atoms with Crippen LogP contribution in [-0.4, -0.2) is 16.2 Å². The van der Waals surface area contributed by atoms with Gasteiger partial charge in [-0.05, 0) is 22.2 Å². The Labute approximate surface area is 71.6 Å². The zero-order valence-electron chi connectivity index (χ0n) is 5.34. The second-order valence-electron chi connectivity index (χ2n) is 1.59. The Morgan fingerprint density at radius 3 is 2.90 bits per heavy atom. The van der Waals surface area contributed by atoms with Crippen LogP contribution in [0.2, 0.25) is 0 Å². The lowest BCUT2D eigenvalue weighted by Crippen LogP contribution is -1.94. The summed E-state index contributed by atoms with van der Waals surface area (Å²) >= 11 is 4.67. The molecule has 1 aromatic rings. The third-order valence-corrected chi connectivity index (χ3v) is 2.10. The van der Waals surface area contributed by atoms with Crippen LogP contribution < -0.4 is 5.73 Å². The van der Waals surface area contributed by atoms with Crippen molar-refractivity contribution in [2.75, 3.05) is 12.0 Å². The lowest BCUT2D eigenvalue weighted by molar-refractivity contribution is 0.971. The summed E-state index contributed by atoms with van der Waals surface area (Å²) in [7, 11) is 0. The average Bonchev–Trinajstić information content (AvgIpc) is 1.95. The first-order valence-corrected chi connectivity index (χ1v) is 4.58. The van der Waals surface area contributed by atoms with Crippen molar-refractivity contribution < 1.29 is 0 Å². The molecule has 0 aliphatic carbocycles. The summed E-state index contributed by atoms with van der Waals surface area (Å²) in [5.74, 6) is 0.486. The van der Waals surface area contributed by atoms with Gasteiger partial charge in [-0.1, -0.05) is 11.8 Å². The molecule has 0 spiro atoms. The Bertz CT molecular complexity index is 240. The number of aromatic nitrogens is 2. The molecule has 5 heteroatoms. The van der Waals surface area contributed by atoms with Crippen LogP contribution in [0.5, 0.6) is 0 Å². The maximum atomic E-state index is 5.48. The van der Waals surface area contributed by atoms with Crippen LogP contribution >= 0.6 is 27.7 Å². The van der Waals surface area contributed by atoms with Crippen molar-refractivity contribution in [1.29, 1.82) is 0 Å². The minimum Gasteiger partial charge on any atom is -0.383 e. The highest BCUT2D eigenvalue weighted by Crippen LogP contribution is 2.17. The molecule has 0 unspecified atom stereocenters. The minimum absolute atomic E-state index is 0.486. The van der Waals surface area contributed by atoms with E-state index in [1.807, 2.05) is 6.26 Å². The Hall–Kier alpha value is -0.290. The summed E-state index contributed by atoms with van der Waals surface area (Å²) in [6.07, 6.45) is 3.55. The molecule has 54 valence electrons. The summed E-state index contributed by atoms with van der Waals surface area (Å²) in [5, 5.41) is 0.695. The third-order valence-electron chi connectivity index (χ3n) is 0.932. The van der Waals surface area contributed by atoms with Crippen LogP contribution in [0.1, 0.15) is 0 Å². The molecule has 0 aliphatic rings. The van der Waals surface area contributed by atoms with E-state index in [0.717, 1.165) is 4.47 Å². The van der Waals surface area contributed by atoms with E-state index < -0.39 is 0 Å². The molecule has 0 radical (unpaired) electrons. The number of halogens is 1. The van der Waals surface area contributed by atoms with Crippen molar-refractivity contribution in [3.05, 3.63) is 10.7 Å². The van der Waals surface area contributed by atoms with Crippen molar-refractivity contribution in [3.63, 3.8) is 0 Å². The third kappa shape index (κ3) is 1.60. The lowest BCUT2D eigenvalue weighted by atomic mass is 10.6. The molecule has 0 atom stereocenters. The number of hydrogen-bond acceptors (Lipinski definition) is 4. The quantitative estimate of drug-likeness (QED) is 0.576. The zero-order chi connectivity index (χ0) is 7.56. The number of thioether (sulfide) groups is 1. The first-order valence-electron chi connectivity index (χ1n) is 2.56. The maximum absolute atomic E-state index is 5.48. The van der Waals surface area contributed by atoms with E-state index in [-0.39, 0.29) is 0 Å². The molecule has 1 aromatic heterocycles. The van der Waals surface area contributed by atoms with E-state index >= 15 is 0 Å². The van der Waals surface area contributed by atoms with Crippen LogP contribution in [0.3, 0.4) is 0 Å². The van der Waals surface area contributed by atoms with Gasteiger partial charge in [0.2, 0.25) is 0 Å². The molecule has 1 rings (SSSR count). The summed E-state index contributed by atoms with van der Waals surface area (Å²) in [5.41, 5.74) is 5.48. The molecule has 0 bridgehead atoms. The van der Waals surface area contributed by atoms with Crippen molar-refractivity contribution in [2.45, 2.75) is 5.16 Å². The van der Waals surface area contributed by atoms with Gasteiger partial charge in [0.1, 0.15) is 5.82 Å². The van der Waals surface area contributed by atoms with Crippen LogP contribution in [0.15, 0.2) is 15.8 Å². The van der Waals surface area contributed by atoms with Crippen molar-refractivity contribution in [2.24, 2.45) is 0 Å². The molecular weight excluding hydrogens is 214 g/mol. The van der Waals surface area contributed by atoms with Gasteiger partial charge in [0.25, 0.3) is 0 Å². The number of nitrogen functional groups attached to an aromatic ring is 1. The summed E-state index contributed by atoms with van der Waals surface area (Å²) < 4.78 is 0.741. The number of anilines is 1. The van der Waals surface area contributed by atoms with Gasteiger partial charge in [0.05, 0.1) is 4.47 Å². The van der Waals surface area contributed by atoms with Gasteiger partial charge < -0.3 is 5.73 Å². The molecule has 0 saturated carbocycles. The fraction of sp³-hybridized carbons (Fsp3) is 0.200. The Morgan fingerprint density at radius 2 is 2.40 bits per heavy atom. The van der Waals surface area contributed by atoms with Crippen LogP contribution in [-0.2, 0) is 0 Å². The normalized spacial score (nSPS) is 9.80. The molecule has 2 N–H and O–H groups in total. The van der Waals surface area contributed by atoms with E-state index in [1.165, 1.54) is 11.8 Å². The average molecular weight is 220 g/mol. The summed E-state index contributed by atoms with van der Waals surface area (Å²) in [6, 6.07) is 0. The van der Waals surface area contributed by atoms with E-state index in [2.05, 4.69) is 25.9 Å². The maximum Gasteiger partial charge on any atom is 0.189 e. The van der Waals surface area contributed by atoms with Gasteiger partial charge in [-0.3, -0.25) is 0 Å². The summed E-state index contributed by atoms with van der Waals surface area (Å²) in [4.78, 5) is 7.96. The molecular formula is C5H6BrN3S. The number of rotatable bonds is 1. The highest BCUT2D eigenvalue weighted by atomic mass is 79.9. The first kappa shape index (κ1) is 7.81. The first-order chi connectivity index (χ1) is 4.74. The van der Waals surface area contributed by atoms with Gasteiger partial charge >= 0.3 is 0 Å². The van der Waals surface area contributed by atoms with Gasteiger partial charge in [0.15, 0.2) is 5.16 Å². The largest absolute Gasteiger partial charge is 0.383 e. The fourth-order valence-corrected chi connectivity index (χ4v) is 1.00. The van der Waals surface area contributed by atoms with Crippen LogP contribution in [0, 0.1) is 0 Å². The van der Waals surface area contributed by atoms with E-state index in [0.29, 0.717) is 11.0 Å². The lowest BCUT2D eigenvalue weighted by Gasteiger charge is -1.97. The monoisotopic (exact) mass is 219 g/mol. The zero-order valence-corrected chi connectivity index (χ0v) is 7.74. The topological polar surface area (TPSA) is 51.8 Å². The molecule has 0 aliphatic heterocycles. The standard InChI is InChI=1S/C5H6BrN3S/c1-10-5-8-2-3(6)4(7)9-5/h2H,1H3,(H2,7,8,9). The molecule has 3 nitrogen and oxygen atoms in total. The molecule has 10 heavy (non-hydrogen) atoms. The Kier molecular flexibility index (Phi) is 2.50. The predicted octanol–water partition coefficient (Wildman–Crippen LogP) is 1.54. The molecule has 0 fully saturated rings. The molecule has 0 aromatic carbocycles. The predicted molar refractivity (Wildman–Crippen MR) is 45.9 cm³/mol.